The van der Waals surface area contributed by atoms with Gasteiger partial charge in [-0.25, -0.2) is 13.1 Å². The lowest BCUT2D eigenvalue weighted by molar-refractivity contribution is -0.173. The van der Waals surface area contributed by atoms with Crippen LogP contribution in [0.15, 0.2) is 27.6 Å². The number of nitrogens with one attached hydrogen (secondary N) is 1. The molecule has 114 valence electrons. The van der Waals surface area contributed by atoms with Gasteiger partial charge in [0.2, 0.25) is 10.0 Å². The van der Waals surface area contributed by atoms with Gasteiger partial charge in [-0.05, 0) is 30.7 Å². The predicted octanol–water partition coefficient (Wildman–Crippen LogP) is 2.61. The van der Waals surface area contributed by atoms with Crippen molar-refractivity contribution in [2.75, 3.05) is 19.8 Å². The molecule has 9 heteroatoms. The third-order valence-electron chi connectivity index (χ3n) is 2.24. The van der Waals surface area contributed by atoms with E-state index >= 15 is 0 Å². The number of hydrogen-bond acceptors (Lipinski definition) is 3. The molecule has 0 heterocycles. The molecule has 20 heavy (non-hydrogen) atoms. The maximum Gasteiger partial charge on any atom is 0.411 e. The molecule has 0 aliphatic heterocycles. The lowest BCUT2D eigenvalue weighted by Crippen LogP contribution is -2.29. The van der Waals surface area contributed by atoms with Crippen molar-refractivity contribution in [2.24, 2.45) is 0 Å². The summed E-state index contributed by atoms with van der Waals surface area (Å²) in [6.45, 7) is -0.247. The molecule has 0 bridgehead atoms. The van der Waals surface area contributed by atoms with Gasteiger partial charge in [0.05, 0.1) is 11.5 Å². The normalized spacial score (nSPS) is 12.7. The third kappa shape index (κ3) is 5.78. The Morgan fingerprint density at radius 3 is 2.55 bits per heavy atom. The van der Waals surface area contributed by atoms with E-state index in [2.05, 4.69) is 25.4 Å². The van der Waals surface area contributed by atoms with E-state index in [0.29, 0.717) is 0 Å². The second-order valence-electron chi connectivity index (χ2n) is 3.98. The summed E-state index contributed by atoms with van der Waals surface area (Å²) in [5.41, 5.74) is 0.737. The molecule has 0 atom stereocenters. The van der Waals surface area contributed by atoms with Crippen LogP contribution in [-0.2, 0) is 14.8 Å². The Balaban J connectivity index is 2.52. The van der Waals surface area contributed by atoms with Gasteiger partial charge in [0, 0.05) is 11.0 Å². The summed E-state index contributed by atoms with van der Waals surface area (Å²) in [4.78, 5) is 0.0500. The molecule has 1 aromatic carbocycles. The first-order valence-corrected chi connectivity index (χ1v) is 7.80. The predicted molar refractivity (Wildman–Crippen MR) is 70.9 cm³/mol. The summed E-state index contributed by atoms with van der Waals surface area (Å²) in [5.74, 6) is 0. The van der Waals surface area contributed by atoms with Crippen LogP contribution in [0.4, 0.5) is 13.2 Å². The van der Waals surface area contributed by atoms with Gasteiger partial charge >= 0.3 is 6.18 Å². The molecule has 4 nitrogen and oxygen atoms in total. The molecule has 0 saturated heterocycles. The highest BCUT2D eigenvalue weighted by atomic mass is 79.9. The van der Waals surface area contributed by atoms with Crippen molar-refractivity contribution < 1.29 is 26.3 Å². The highest BCUT2D eigenvalue weighted by Gasteiger charge is 2.27. The first-order chi connectivity index (χ1) is 9.12. The van der Waals surface area contributed by atoms with Crippen LogP contribution in [0.1, 0.15) is 5.56 Å². The largest absolute Gasteiger partial charge is 0.411 e. The van der Waals surface area contributed by atoms with Gasteiger partial charge in [-0.3, -0.25) is 0 Å². The Labute approximate surface area is 123 Å². The summed E-state index contributed by atoms with van der Waals surface area (Å²) in [6.07, 6.45) is -4.41. The van der Waals surface area contributed by atoms with Crippen molar-refractivity contribution in [3.05, 3.63) is 28.2 Å². The highest BCUT2D eigenvalue weighted by molar-refractivity contribution is 9.10. The fourth-order valence-corrected chi connectivity index (χ4v) is 2.65. The second kappa shape index (κ2) is 6.88. The van der Waals surface area contributed by atoms with Crippen LogP contribution in [-0.4, -0.2) is 34.4 Å². The average Bonchev–Trinajstić information content (AvgIpc) is 2.30. The molecule has 0 spiro atoms. The topological polar surface area (TPSA) is 55.4 Å². The van der Waals surface area contributed by atoms with Gasteiger partial charge in [-0.1, -0.05) is 15.9 Å². The number of aryl methyl sites for hydroxylation is 1. The number of hydrogen-bond donors (Lipinski definition) is 1. The van der Waals surface area contributed by atoms with Crippen molar-refractivity contribution >= 4 is 26.0 Å². The van der Waals surface area contributed by atoms with E-state index < -0.39 is 22.8 Å². The van der Waals surface area contributed by atoms with Crippen LogP contribution in [0.5, 0.6) is 0 Å². The third-order valence-corrected chi connectivity index (χ3v) is 4.59. The average molecular weight is 376 g/mol. The molecule has 1 aromatic rings. The second-order valence-corrected chi connectivity index (χ2v) is 6.60. The van der Waals surface area contributed by atoms with Crippen LogP contribution in [0.2, 0.25) is 0 Å². The van der Waals surface area contributed by atoms with E-state index in [1.54, 1.807) is 13.0 Å². The molecule has 0 aliphatic rings. The maximum absolute atomic E-state index is 11.9. The van der Waals surface area contributed by atoms with Gasteiger partial charge in [-0.15, -0.1) is 0 Å². The number of alkyl halides is 3. The van der Waals surface area contributed by atoms with Crippen LogP contribution in [0.3, 0.4) is 0 Å². The van der Waals surface area contributed by atoms with Crippen molar-refractivity contribution in [3.63, 3.8) is 0 Å². The summed E-state index contributed by atoms with van der Waals surface area (Å²) in [6, 6.07) is 4.45. The number of halogens is 4. The van der Waals surface area contributed by atoms with Crippen molar-refractivity contribution in [1.82, 2.24) is 4.72 Å². The zero-order valence-electron chi connectivity index (χ0n) is 10.5. The fourth-order valence-electron chi connectivity index (χ4n) is 1.30. The lowest BCUT2D eigenvalue weighted by atomic mass is 10.2. The first-order valence-electron chi connectivity index (χ1n) is 5.52. The van der Waals surface area contributed by atoms with Crippen LogP contribution < -0.4 is 4.72 Å². The van der Waals surface area contributed by atoms with Gasteiger partial charge in [-0.2, -0.15) is 13.2 Å². The minimum absolute atomic E-state index is 0.0500. The van der Waals surface area contributed by atoms with Crippen LogP contribution >= 0.6 is 15.9 Å². The number of rotatable bonds is 6. The molecular weight excluding hydrogens is 363 g/mol. The van der Waals surface area contributed by atoms with Gasteiger partial charge in [0.25, 0.3) is 0 Å². The molecule has 0 amide bonds. The van der Waals surface area contributed by atoms with Gasteiger partial charge in [0.1, 0.15) is 6.61 Å². The quantitative estimate of drug-likeness (QED) is 0.777. The van der Waals surface area contributed by atoms with Gasteiger partial charge < -0.3 is 4.74 Å². The minimum atomic E-state index is -4.41. The SMILES string of the molecule is Cc1cc(S(=O)(=O)NCCOCC(F)(F)F)ccc1Br. The minimum Gasteiger partial charge on any atom is -0.371 e. The Morgan fingerprint density at radius 1 is 1.35 bits per heavy atom. The molecule has 1 rings (SSSR count). The fraction of sp³-hybridized carbons (Fsp3) is 0.455. The van der Waals surface area contributed by atoms with E-state index in [4.69, 9.17) is 0 Å². The molecule has 0 saturated carbocycles. The van der Waals surface area contributed by atoms with Crippen molar-refractivity contribution in [1.29, 1.82) is 0 Å². The Kier molecular flexibility index (Phi) is 5.99. The Hall–Kier alpha value is -0.640. The molecule has 0 fully saturated rings. The van der Waals surface area contributed by atoms with Crippen LogP contribution in [0.25, 0.3) is 0 Å². The summed E-state index contributed by atoms with van der Waals surface area (Å²) in [7, 11) is -3.75. The zero-order valence-corrected chi connectivity index (χ0v) is 12.9. The molecule has 0 radical (unpaired) electrons. The number of sulfonamides is 1. The number of ether oxygens (including phenoxy) is 1. The Bertz CT molecular complexity index is 561. The van der Waals surface area contributed by atoms with Crippen molar-refractivity contribution in [3.8, 4) is 0 Å². The summed E-state index contributed by atoms with van der Waals surface area (Å²) in [5, 5.41) is 0. The Morgan fingerprint density at radius 2 is 2.00 bits per heavy atom. The molecule has 0 aromatic heterocycles. The van der Waals surface area contributed by atoms with E-state index in [9.17, 15) is 21.6 Å². The first kappa shape index (κ1) is 17.4. The molecule has 0 aliphatic carbocycles. The maximum atomic E-state index is 11.9. The van der Waals surface area contributed by atoms with E-state index in [1.807, 2.05) is 0 Å². The molecular formula is C11H13BrF3NO3S. The van der Waals surface area contributed by atoms with Crippen molar-refractivity contribution in [2.45, 2.75) is 18.0 Å². The monoisotopic (exact) mass is 375 g/mol. The zero-order chi connectivity index (χ0) is 15.4. The standard InChI is InChI=1S/C11H13BrF3NO3S/c1-8-6-9(2-3-10(8)12)20(17,18)16-4-5-19-7-11(13,14)15/h2-3,6,16H,4-5,7H2,1H3. The van der Waals surface area contributed by atoms with E-state index in [-0.39, 0.29) is 18.0 Å². The lowest BCUT2D eigenvalue weighted by Gasteiger charge is -2.10. The van der Waals surface area contributed by atoms with Gasteiger partial charge in [0.15, 0.2) is 0 Å². The van der Waals surface area contributed by atoms with E-state index in [0.717, 1.165) is 10.0 Å². The highest BCUT2D eigenvalue weighted by Crippen LogP contribution is 2.19. The summed E-state index contributed by atoms with van der Waals surface area (Å²) < 4.78 is 66.3. The number of benzene rings is 1. The summed E-state index contributed by atoms with van der Waals surface area (Å²) >= 11 is 3.25. The van der Waals surface area contributed by atoms with E-state index in [1.165, 1.54) is 12.1 Å². The molecule has 0 unspecified atom stereocenters. The smallest absolute Gasteiger partial charge is 0.371 e. The molecule has 1 N–H and O–H groups in total. The van der Waals surface area contributed by atoms with Crippen LogP contribution in [0, 0.1) is 6.92 Å².